The number of aromatic nitrogens is 2. The van der Waals surface area contributed by atoms with Crippen LogP contribution in [0.15, 0.2) is 35.6 Å². The summed E-state index contributed by atoms with van der Waals surface area (Å²) in [7, 11) is 1.69. The molecule has 0 fully saturated rings. The molecule has 25 heavy (non-hydrogen) atoms. The summed E-state index contributed by atoms with van der Waals surface area (Å²) in [6.07, 6.45) is 4.49. The van der Waals surface area contributed by atoms with Gasteiger partial charge >= 0.3 is 0 Å². The Morgan fingerprint density at radius 1 is 1.20 bits per heavy atom. The Morgan fingerprint density at radius 2 is 2.04 bits per heavy atom. The van der Waals surface area contributed by atoms with Gasteiger partial charge in [-0.1, -0.05) is 6.07 Å². The van der Waals surface area contributed by atoms with Gasteiger partial charge in [0.2, 0.25) is 0 Å². The first-order valence-corrected chi connectivity index (χ1v) is 8.56. The first-order valence-electron chi connectivity index (χ1n) is 8.56. The van der Waals surface area contributed by atoms with E-state index in [4.69, 9.17) is 4.74 Å². The molecule has 2 N–H and O–H groups in total. The number of methoxy groups -OCH3 is 1. The molecule has 2 heterocycles. The molecule has 2 aromatic rings. The second kappa shape index (κ2) is 9.61. The Kier molecular flexibility index (Phi) is 7.19. The fourth-order valence-corrected chi connectivity index (χ4v) is 2.58. The zero-order chi connectivity index (χ0) is 18.1. The summed E-state index contributed by atoms with van der Waals surface area (Å²) in [4.78, 5) is 13.5. The molecule has 0 unspecified atom stereocenters. The predicted octanol–water partition coefficient (Wildman–Crippen LogP) is 2.40. The molecule has 0 bridgehead atoms. The number of aliphatic imine (C=N–C) groups is 1. The molecule has 0 amide bonds. The molecular formula is C19H27N5O. The third kappa shape index (κ3) is 5.45. The maximum absolute atomic E-state index is 5.46. The lowest BCUT2D eigenvalue weighted by atomic mass is 10.1. The van der Waals surface area contributed by atoms with E-state index in [1.54, 1.807) is 7.11 Å². The summed E-state index contributed by atoms with van der Waals surface area (Å²) in [5.74, 6) is 1.66. The number of ether oxygens (including phenoxy) is 1. The molecule has 0 spiro atoms. The van der Waals surface area contributed by atoms with E-state index in [1.165, 1.54) is 0 Å². The summed E-state index contributed by atoms with van der Waals surface area (Å²) in [6, 6.07) is 5.95. The van der Waals surface area contributed by atoms with Gasteiger partial charge in [0.25, 0.3) is 0 Å². The van der Waals surface area contributed by atoms with Gasteiger partial charge in [-0.2, -0.15) is 0 Å². The SMILES string of the molecule is CCNC(=NCc1ncc(C)c(OC)c1C)NCCc1ccccn1. The highest BCUT2D eigenvalue weighted by molar-refractivity contribution is 5.79. The number of rotatable bonds is 7. The number of pyridine rings is 2. The fraction of sp³-hybridized carbons (Fsp3) is 0.421. The number of hydrogen-bond donors (Lipinski definition) is 2. The Labute approximate surface area is 149 Å². The van der Waals surface area contributed by atoms with E-state index >= 15 is 0 Å². The number of hydrogen-bond acceptors (Lipinski definition) is 4. The zero-order valence-corrected chi connectivity index (χ0v) is 15.5. The number of nitrogens with zero attached hydrogens (tertiary/aromatic N) is 3. The van der Waals surface area contributed by atoms with E-state index in [0.29, 0.717) is 6.54 Å². The van der Waals surface area contributed by atoms with Crippen LogP contribution in [-0.2, 0) is 13.0 Å². The van der Waals surface area contributed by atoms with Crippen molar-refractivity contribution in [3.05, 3.63) is 53.1 Å². The molecule has 0 aromatic carbocycles. The Hall–Kier alpha value is -2.63. The Morgan fingerprint density at radius 3 is 2.72 bits per heavy atom. The Balaban J connectivity index is 1.99. The molecule has 0 atom stereocenters. The van der Waals surface area contributed by atoms with Crippen molar-refractivity contribution >= 4 is 5.96 Å². The Bertz CT molecular complexity index is 700. The van der Waals surface area contributed by atoms with Gasteiger partial charge in [0.15, 0.2) is 5.96 Å². The lowest BCUT2D eigenvalue weighted by molar-refractivity contribution is 0.407. The average molecular weight is 341 g/mol. The molecule has 2 rings (SSSR count). The second-order valence-electron chi connectivity index (χ2n) is 5.74. The van der Waals surface area contributed by atoms with E-state index in [0.717, 1.165) is 53.7 Å². The highest BCUT2D eigenvalue weighted by Gasteiger charge is 2.09. The number of guanidine groups is 1. The first kappa shape index (κ1) is 18.7. The minimum Gasteiger partial charge on any atom is -0.496 e. The van der Waals surface area contributed by atoms with E-state index in [2.05, 4.69) is 25.6 Å². The van der Waals surface area contributed by atoms with Gasteiger partial charge in [0.1, 0.15) is 5.75 Å². The van der Waals surface area contributed by atoms with Crippen molar-refractivity contribution in [3.63, 3.8) is 0 Å². The van der Waals surface area contributed by atoms with Crippen LogP contribution in [-0.4, -0.2) is 36.1 Å². The summed E-state index contributed by atoms with van der Waals surface area (Å²) in [5.41, 5.74) is 4.06. The number of nitrogens with one attached hydrogen (secondary N) is 2. The van der Waals surface area contributed by atoms with E-state index in [1.807, 2.05) is 51.4 Å². The number of aryl methyl sites for hydroxylation is 1. The molecule has 0 saturated carbocycles. The monoisotopic (exact) mass is 341 g/mol. The van der Waals surface area contributed by atoms with Crippen LogP contribution in [0.2, 0.25) is 0 Å². The van der Waals surface area contributed by atoms with Crippen LogP contribution in [0.4, 0.5) is 0 Å². The lowest BCUT2D eigenvalue weighted by Crippen LogP contribution is -2.38. The van der Waals surface area contributed by atoms with Crippen molar-refractivity contribution in [2.24, 2.45) is 4.99 Å². The topological polar surface area (TPSA) is 71.4 Å². The van der Waals surface area contributed by atoms with Crippen LogP contribution in [0.25, 0.3) is 0 Å². The standard InChI is InChI=1S/C19H27N5O/c1-5-20-19(22-11-9-16-8-6-7-10-21-16)24-13-17-15(3)18(25-4)14(2)12-23-17/h6-8,10,12H,5,9,11,13H2,1-4H3,(H2,20,22,24). The van der Waals surface area contributed by atoms with Crippen LogP contribution in [0.3, 0.4) is 0 Å². The van der Waals surface area contributed by atoms with Gasteiger partial charge < -0.3 is 15.4 Å². The minimum absolute atomic E-state index is 0.501. The molecule has 6 nitrogen and oxygen atoms in total. The molecule has 6 heteroatoms. The van der Waals surface area contributed by atoms with Crippen molar-refractivity contribution < 1.29 is 4.74 Å². The molecule has 0 aliphatic heterocycles. The van der Waals surface area contributed by atoms with E-state index in [9.17, 15) is 0 Å². The molecule has 0 aliphatic carbocycles. The van der Waals surface area contributed by atoms with Crippen LogP contribution >= 0.6 is 0 Å². The molecule has 2 aromatic heterocycles. The third-order valence-corrected chi connectivity index (χ3v) is 3.88. The summed E-state index contributed by atoms with van der Waals surface area (Å²) >= 11 is 0. The van der Waals surface area contributed by atoms with Crippen molar-refractivity contribution in [2.75, 3.05) is 20.2 Å². The first-order chi connectivity index (χ1) is 12.2. The predicted molar refractivity (Wildman–Crippen MR) is 101 cm³/mol. The normalized spacial score (nSPS) is 11.3. The lowest BCUT2D eigenvalue weighted by Gasteiger charge is -2.13. The zero-order valence-electron chi connectivity index (χ0n) is 15.5. The molecule has 0 saturated heterocycles. The summed E-state index contributed by atoms with van der Waals surface area (Å²) in [6.45, 7) is 8.14. The van der Waals surface area contributed by atoms with E-state index < -0.39 is 0 Å². The quantitative estimate of drug-likeness (QED) is 0.598. The molecule has 134 valence electrons. The van der Waals surface area contributed by atoms with Crippen LogP contribution in [0.1, 0.15) is 29.4 Å². The van der Waals surface area contributed by atoms with Crippen molar-refractivity contribution in [1.82, 2.24) is 20.6 Å². The maximum Gasteiger partial charge on any atom is 0.191 e. The van der Waals surface area contributed by atoms with Gasteiger partial charge in [-0.05, 0) is 32.9 Å². The molecule has 0 aliphatic rings. The van der Waals surface area contributed by atoms with Gasteiger partial charge in [0.05, 0.1) is 19.3 Å². The van der Waals surface area contributed by atoms with Gasteiger partial charge in [-0.15, -0.1) is 0 Å². The highest BCUT2D eigenvalue weighted by Crippen LogP contribution is 2.24. The van der Waals surface area contributed by atoms with Crippen LogP contribution < -0.4 is 15.4 Å². The minimum atomic E-state index is 0.501. The highest BCUT2D eigenvalue weighted by atomic mass is 16.5. The van der Waals surface area contributed by atoms with Crippen molar-refractivity contribution in [1.29, 1.82) is 0 Å². The smallest absolute Gasteiger partial charge is 0.191 e. The van der Waals surface area contributed by atoms with Crippen LogP contribution in [0, 0.1) is 13.8 Å². The van der Waals surface area contributed by atoms with Gasteiger partial charge in [0, 0.05) is 48.7 Å². The third-order valence-electron chi connectivity index (χ3n) is 3.88. The summed E-state index contributed by atoms with van der Waals surface area (Å²) < 4.78 is 5.46. The van der Waals surface area contributed by atoms with Crippen LogP contribution in [0.5, 0.6) is 5.75 Å². The van der Waals surface area contributed by atoms with Gasteiger partial charge in [-0.25, -0.2) is 4.99 Å². The maximum atomic E-state index is 5.46. The second-order valence-corrected chi connectivity index (χ2v) is 5.74. The average Bonchev–Trinajstić information content (AvgIpc) is 2.62. The van der Waals surface area contributed by atoms with Gasteiger partial charge in [-0.3, -0.25) is 9.97 Å². The molecule has 0 radical (unpaired) electrons. The largest absolute Gasteiger partial charge is 0.496 e. The van der Waals surface area contributed by atoms with Crippen molar-refractivity contribution in [3.8, 4) is 5.75 Å². The fourth-order valence-electron chi connectivity index (χ4n) is 2.58. The summed E-state index contributed by atoms with van der Waals surface area (Å²) in [5, 5.41) is 6.60. The molecular weight excluding hydrogens is 314 g/mol. The van der Waals surface area contributed by atoms with Crippen molar-refractivity contribution in [2.45, 2.75) is 33.7 Å². The van der Waals surface area contributed by atoms with E-state index in [-0.39, 0.29) is 0 Å².